The summed E-state index contributed by atoms with van der Waals surface area (Å²) in [6.45, 7) is 0.363. The van der Waals surface area contributed by atoms with Crippen LogP contribution in [-0.2, 0) is 27.3 Å². The van der Waals surface area contributed by atoms with Crippen LogP contribution in [-0.4, -0.2) is 25.7 Å². The zero-order valence-corrected chi connectivity index (χ0v) is 14.0. The number of alkyl carbamates (subject to hydrolysis) is 1. The minimum Gasteiger partial charge on any atom is -0.469 e. The molecule has 2 aromatic carbocycles. The molecule has 0 unspecified atom stereocenters. The molecule has 0 spiro atoms. The van der Waals surface area contributed by atoms with Gasteiger partial charge in [-0.2, -0.15) is 0 Å². The van der Waals surface area contributed by atoms with E-state index >= 15 is 0 Å². The molecule has 5 nitrogen and oxygen atoms in total. The van der Waals surface area contributed by atoms with Crippen molar-refractivity contribution >= 4 is 12.1 Å². The first-order chi connectivity index (χ1) is 12.2. The molecule has 128 valence electrons. The van der Waals surface area contributed by atoms with Gasteiger partial charge in [0.05, 0.1) is 20.1 Å². The van der Waals surface area contributed by atoms with Crippen LogP contribution in [0.5, 0.6) is 0 Å². The van der Waals surface area contributed by atoms with E-state index in [1.165, 1.54) is 7.11 Å². The number of hydrogen-bond donors (Lipinski definition) is 1. The van der Waals surface area contributed by atoms with Crippen LogP contribution in [0.3, 0.4) is 0 Å². The summed E-state index contributed by atoms with van der Waals surface area (Å²) < 4.78 is 9.76. The van der Waals surface area contributed by atoms with Crippen LogP contribution in [0.2, 0.25) is 0 Å². The Kier molecular flexibility index (Phi) is 7.08. The topological polar surface area (TPSA) is 64.6 Å². The normalized spacial score (nSPS) is 9.48. The second kappa shape index (κ2) is 9.78. The molecular weight excluding hydrogens is 318 g/mol. The van der Waals surface area contributed by atoms with Crippen molar-refractivity contribution in [2.24, 2.45) is 0 Å². The summed E-state index contributed by atoms with van der Waals surface area (Å²) in [4.78, 5) is 23.0. The highest BCUT2D eigenvalue weighted by atomic mass is 16.5. The third-order valence-corrected chi connectivity index (χ3v) is 3.34. The predicted molar refractivity (Wildman–Crippen MR) is 93.7 cm³/mol. The number of benzene rings is 2. The number of amides is 1. The number of carbonyl (C=O) groups is 2. The maximum Gasteiger partial charge on any atom is 0.408 e. The van der Waals surface area contributed by atoms with Crippen LogP contribution in [0.4, 0.5) is 4.79 Å². The van der Waals surface area contributed by atoms with E-state index in [9.17, 15) is 9.59 Å². The molecule has 0 fully saturated rings. The predicted octanol–water partition coefficient (Wildman–Crippen LogP) is 2.68. The number of carbonyl (C=O) groups excluding carboxylic acids is 2. The van der Waals surface area contributed by atoms with Gasteiger partial charge in [0.2, 0.25) is 0 Å². The zero-order chi connectivity index (χ0) is 17.9. The van der Waals surface area contributed by atoms with Gasteiger partial charge in [0, 0.05) is 5.56 Å². The van der Waals surface area contributed by atoms with Crippen LogP contribution < -0.4 is 5.32 Å². The van der Waals surface area contributed by atoms with Crippen LogP contribution in [0.15, 0.2) is 54.6 Å². The standard InChI is InChI=1S/C20H19NO4/c1-24-19(22)14-18-11-6-5-10-17(18)12-7-13-21-20(23)25-15-16-8-3-2-4-9-16/h2-6,8-11H,13-15H2,1H3,(H,21,23). The van der Waals surface area contributed by atoms with Crippen LogP contribution in [0, 0.1) is 11.8 Å². The van der Waals surface area contributed by atoms with Crippen molar-refractivity contribution in [2.75, 3.05) is 13.7 Å². The molecule has 0 bridgehead atoms. The van der Waals surface area contributed by atoms with Crippen molar-refractivity contribution in [3.63, 3.8) is 0 Å². The van der Waals surface area contributed by atoms with E-state index in [1.54, 1.807) is 0 Å². The minimum atomic E-state index is -0.527. The number of rotatable bonds is 5. The van der Waals surface area contributed by atoms with E-state index in [0.29, 0.717) is 0 Å². The van der Waals surface area contributed by atoms with Crippen molar-refractivity contribution < 1.29 is 19.1 Å². The summed E-state index contributed by atoms with van der Waals surface area (Å²) in [6, 6.07) is 16.7. The molecule has 1 amide bonds. The van der Waals surface area contributed by atoms with Crippen LogP contribution >= 0.6 is 0 Å². The molecule has 0 aromatic heterocycles. The molecule has 0 aliphatic heterocycles. The number of hydrogen-bond acceptors (Lipinski definition) is 4. The first kappa shape index (κ1) is 18.1. The van der Waals surface area contributed by atoms with Gasteiger partial charge in [-0.25, -0.2) is 4.79 Å². The molecule has 5 heteroatoms. The molecule has 0 aliphatic carbocycles. The molecule has 0 aliphatic rings. The maximum absolute atomic E-state index is 11.6. The Hall–Kier alpha value is -3.26. The van der Waals surface area contributed by atoms with Crippen LogP contribution in [0.1, 0.15) is 16.7 Å². The molecule has 0 radical (unpaired) electrons. The van der Waals surface area contributed by atoms with E-state index in [2.05, 4.69) is 21.9 Å². The lowest BCUT2D eigenvalue weighted by atomic mass is 10.1. The largest absolute Gasteiger partial charge is 0.469 e. The monoisotopic (exact) mass is 337 g/mol. The Labute approximate surface area is 147 Å². The van der Waals surface area contributed by atoms with Crippen molar-refractivity contribution in [1.29, 1.82) is 0 Å². The van der Waals surface area contributed by atoms with Gasteiger partial charge in [-0.1, -0.05) is 60.4 Å². The third kappa shape index (κ3) is 6.40. The van der Waals surface area contributed by atoms with Gasteiger partial charge in [0.1, 0.15) is 6.61 Å². The third-order valence-electron chi connectivity index (χ3n) is 3.34. The first-order valence-corrected chi connectivity index (χ1v) is 7.77. The second-order valence-corrected chi connectivity index (χ2v) is 5.13. The molecule has 0 saturated carbocycles. The smallest absolute Gasteiger partial charge is 0.408 e. The lowest BCUT2D eigenvalue weighted by molar-refractivity contribution is -0.139. The number of ether oxygens (including phenoxy) is 2. The van der Waals surface area contributed by atoms with Crippen molar-refractivity contribution in [3.05, 3.63) is 71.3 Å². The van der Waals surface area contributed by atoms with E-state index in [4.69, 9.17) is 4.74 Å². The molecule has 0 atom stereocenters. The Balaban J connectivity index is 1.82. The lowest BCUT2D eigenvalue weighted by Gasteiger charge is -2.04. The Morgan fingerprint density at radius 1 is 1.04 bits per heavy atom. The minimum absolute atomic E-state index is 0.153. The van der Waals surface area contributed by atoms with Crippen LogP contribution in [0.25, 0.3) is 0 Å². The van der Waals surface area contributed by atoms with E-state index in [-0.39, 0.29) is 25.5 Å². The summed E-state index contributed by atoms with van der Waals surface area (Å²) in [6.07, 6.45) is -0.366. The average molecular weight is 337 g/mol. The van der Waals surface area contributed by atoms with Gasteiger partial charge in [-0.05, 0) is 17.2 Å². The molecule has 0 saturated heterocycles. The first-order valence-electron chi connectivity index (χ1n) is 7.77. The van der Waals surface area contributed by atoms with Gasteiger partial charge in [-0.3, -0.25) is 4.79 Å². The van der Waals surface area contributed by atoms with Crippen molar-refractivity contribution in [1.82, 2.24) is 5.32 Å². The maximum atomic E-state index is 11.6. The fourth-order valence-electron chi connectivity index (χ4n) is 2.05. The molecule has 2 rings (SSSR count). The van der Waals surface area contributed by atoms with Gasteiger partial charge in [0.25, 0.3) is 0 Å². The number of esters is 1. The highest BCUT2D eigenvalue weighted by Gasteiger charge is 2.06. The summed E-state index contributed by atoms with van der Waals surface area (Å²) in [5.74, 6) is 5.47. The molecule has 2 aromatic rings. The van der Waals surface area contributed by atoms with E-state index in [1.807, 2.05) is 54.6 Å². The molecule has 1 N–H and O–H groups in total. The van der Waals surface area contributed by atoms with Gasteiger partial charge >= 0.3 is 12.1 Å². The number of methoxy groups -OCH3 is 1. The lowest BCUT2D eigenvalue weighted by Crippen LogP contribution is -2.24. The van der Waals surface area contributed by atoms with Crippen molar-refractivity contribution in [2.45, 2.75) is 13.0 Å². The highest BCUT2D eigenvalue weighted by molar-refractivity contribution is 5.73. The van der Waals surface area contributed by atoms with E-state index in [0.717, 1.165) is 16.7 Å². The van der Waals surface area contributed by atoms with Gasteiger partial charge in [0.15, 0.2) is 0 Å². The fourth-order valence-corrected chi connectivity index (χ4v) is 2.05. The zero-order valence-electron chi connectivity index (χ0n) is 14.0. The fraction of sp³-hybridized carbons (Fsp3) is 0.200. The Morgan fingerprint density at radius 3 is 2.52 bits per heavy atom. The summed E-state index contributed by atoms with van der Waals surface area (Å²) in [5.41, 5.74) is 2.43. The SMILES string of the molecule is COC(=O)Cc1ccccc1C#CCNC(=O)OCc1ccccc1. The Bertz CT molecular complexity index is 775. The molecular formula is C20H19NO4. The van der Waals surface area contributed by atoms with Gasteiger partial charge in [-0.15, -0.1) is 0 Å². The van der Waals surface area contributed by atoms with Crippen molar-refractivity contribution in [3.8, 4) is 11.8 Å². The highest BCUT2D eigenvalue weighted by Crippen LogP contribution is 2.08. The molecule has 25 heavy (non-hydrogen) atoms. The Morgan fingerprint density at radius 2 is 1.76 bits per heavy atom. The average Bonchev–Trinajstić information content (AvgIpc) is 2.65. The summed E-state index contributed by atoms with van der Waals surface area (Å²) in [7, 11) is 1.35. The van der Waals surface area contributed by atoms with E-state index < -0.39 is 6.09 Å². The summed E-state index contributed by atoms with van der Waals surface area (Å²) >= 11 is 0. The number of nitrogens with one attached hydrogen (secondary N) is 1. The molecule has 0 heterocycles. The second-order valence-electron chi connectivity index (χ2n) is 5.13. The van der Waals surface area contributed by atoms with Gasteiger partial charge < -0.3 is 14.8 Å². The quantitative estimate of drug-likeness (QED) is 0.673. The summed E-state index contributed by atoms with van der Waals surface area (Å²) in [5, 5.41) is 2.57.